The summed E-state index contributed by atoms with van der Waals surface area (Å²) in [6, 6.07) is 4.88. The number of carbonyl (C=O) groups excluding carboxylic acids is 2. The second kappa shape index (κ2) is 11.4. The zero-order chi connectivity index (χ0) is 25.8. The summed E-state index contributed by atoms with van der Waals surface area (Å²) in [6.45, 7) is 4.11. The SMILES string of the molecule is O=C1NCCCc2cnc(Nc3ccc(N4CCN(CCO)CC4)c(F)c3)nc2N(C2CCCC2)C1=O. The molecular weight excluding hydrogens is 477 g/mol. The van der Waals surface area contributed by atoms with E-state index in [9.17, 15) is 9.59 Å². The maximum Gasteiger partial charge on any atom is 0.317 e. The van der Waals surface area contributed by atoms with Crippen LogP contribution in [0.25, 0.3) is 0 Å². The first-order valence-electron chi connectivity index (χ1n) is 13.2. The van der Waals surface area contributed by atoms with Crippen LogP contribution in [-0.2, 0) is 16.0 Å². The van der Waals surface area contributed by atoms with Crippen molar-refractivity contribution in [3.63, 3.8) is 0 Å². The molecule has 2 aromatic rings. The molecule has 1 saturated heterocycles. The molecule has 37 heavy (non-hydrogen) atoms. The summed E-state index contributed by atoms with van der Waals surface area (Å²) < 4.78 is 15.1. The fourth-order valence-corrected chi connectivity index (χ4v) is 5.43. The van der Waals surface area contributed by atoms with Crippen LogP contribution in [-0.4, -0.2) is 83.7 Å². The van der Waals surface area contributed by atoms with E-state index in [1.807, 2.05) is 4.90 Å². The molecule has 2 amide bonds. The van der Waals surface area contributed by atoms with Crippen LogP contribution in [0.1, 0.15) is 37.7 Å². The van der Waals surface area contributed by atoms with Crippen LogP contribution in [0.3, 0.4) is 0 Å². The van der Waals surface area contributed by atoms with E-state index in [1.54, 1.807) is 23.2 Å². The monoisotopic (exact) mass is 511 g/mol. The lowest BCUT2D eigenvalue weighted by Gasteiger charge is -2.36. The van der Waals surface area contributed by atoms with E-state index < -0.39 is 11.8 Å². The second-order valence-electron chi connectivity index (χ2n) is 9.86. The highest BCUT2D eigenvalue weighted by Crippen LogP contribution is 2.32. The molecule has 3 N–H and O–H groups in total. The van der Waals surface area contributed by atoms with Crippen molar-refractivity contribution in [2.24, 2.45) is 0 Å². The largest absolute Gasteiger partial charge is 0.395 e. The van der Waals surface area contributed by atoms with Crippen LogP contribution in [0.4, 0.5) is 27.5 Å². The van der Waals surface area contributed by atoms with Crippen LogP contribution in [0.5, 0.6) is 0 Å². The minimum atomic E-state index is -0.609. The van der Waals surface area contributed by atoms with Crippen LogP contribution in [0, 0.1) is 5.82 Å². The van der Waals surface area contributed by atoms with Crippen molar-refractivity contribution in [2.75, 3.05) is 61.0 Å². The Morgan fingerprint density at radius 2 is 1.89 bits per heavy atom. The average molecular weight is 512 g/mol. The molecule has 0 bridgehead atoms. The van der Waals surface area contributed by atoms with Gasteiger partial charge in [-0.05, 0) is 43.9 Å². The van der Waals surface area contributed by atoms with Gasteiger partial charge in [-0.15, -0.1) is 0 Å². The van der Waals surface area contributed by atoms with Gasteiger partial charge in [-0.1, -0.05) is 12.8 Å². The van der Waals surface area contributed by atoms with E-state index in [1.165, 1.54) is 6.07 Å². The number of aliphatic hydroxyl groups excluding tert-OH is 1. The highest BCUT2D eigenvalue weighted by molar-refractivity contribution is 6.40. The number of nitrogens with one attached hydrogen (secondary N) is 2. The van der Waals surface area contributed by atoms with Gasteiger partial charge < -0.3 is 20.6 Å². The molecule has 2 fully saturated rings. The lowest BCUT2D eigenvalue weighted by molar-refractivity contribution is -0.137. The lowest BCUT2D eigenvalue weighted by Crippen LogP contribution is -2.48. The summed E-state index contributed by atoms with van der Waals surface area (Å²) >= 11 is 0. The molecule has 2 aliphatic heterocycles. The number of carbonyl (C=O) groups is 2. The number of nitrogens with zero attached hydrogens (tertiary/aromatic N) is 5. The third kappa shape index (κ3) is 5.67. The third-order valence-electron chi connectivity index (χ3n) is 7.41. The first-order valence-corrected chi connectivity index (χ1v) is 13.2. The summed E-state index contributed by atoms with van der Waals surface area (Å²) in [5, 5.41) is 14.9. The second-order valence-corrected chi connectivity index (χ2v) is 9.86. The Kier molecular flexibility index (Phi) is 7.80. The van der Waals surface area contributed by atoms with Crippen molar-refractivity contribution < 1.29 is 19.1 Å². The summed E-state index contributed by atoms with van der Waals surface area (Å²) in [4.78, 5) is 40.5. The minimum absolute atomic E-state index is 0.0765. The van der Waals surface area contributed by atoms with Gasteiger partial charge in [-0.25, -0.2) is 9.37 Å². The van der Waals surface area contributed by atoms with Gasteiger partial charge in [0.15, 0.2) is 0 Å². The van der Waals surface area contributed by atoms with Crippen LogP contribution in [0.2, 0.25) is 0 Å². The predicted molar refractivity (Wildman–Crippen MR) is 139 cm³/mol. The Hall–Kier alpha value is -3.31. The first kappa shape index (κ1) is 25.3. The number of rotatable bonds is 6. The molecule has 1 aromatic carbocycles. The molecule has 0 spiro atoms. The Bertz CT molecular complexity index is 1130. The maximum absolute atomic E-state index is 15.1. The van der Waals surface area contributed by atoms with E-state index in [-0.39, 0.29) is 24.4 Å². The Labute approximate surface area is 215 Å². The van der Waals surface area contributed by atoms with Gasteiger partial charge >= 0.3 is 11.8 Å². The quantitative estimate of drug-likeness (QED) is 0.504. The molecule has 1 aliphatic carbocycles. The summed E-state index contributed by atoms with van der Waals surface area (Å²) in [5.41, 5.74) is 1.86. The summed E-state index contributed by atoms with van der Waals surface area (Å²) in [5.74, 6) is -0.831. The smallest absolute Gasteiger partial charge is 0.317 e. The van der Waals surface area contributed by atoms with Crippen molar-refractivity contribution in [2.45, 2.75) is 44.6 Å². The highest BCUT2D eigenvalue weighted by atomic mass is 19.1. The third-order valence-corrected chi connectivity index (χ3v) is 7.41. The molecule has 5 rings (SSSR count). The molecule has 11 heteroatoms. The maximum atomic E-state index is 15.1. The zero-order valence-corrected chi connectivity index (χ0v) is 21.0. The molecule has 198 valence electrons. The molecule has 3 aliphatic rings. The summed E-state index contributed by atoms with van der Waals surface area (Å²) in [6.07, 6.45) is 6.68. The van der Waals surface area contributed by atoms with Gasteiger partial charge in [0.05, 0.1) is 12.3 Å². The van der Waals surface area contributed by atoms with Crippen LogP contribution >= 0.6 is 0 Å². The molecule has 0 unspecified atom stereocenters. The van der Waals surface area contributed by atoms with E-state index in [4.69, 9.17) is 5.11 Å². The number of aliphatic hydroxyl groups is 1. The molecule has 3 heterocycles. The number of aromatic nitrogens is 2. The molecular formula is C26H34FN7O3. The number of hydrogen-bond donors (Lipinski definition) is 3. The van der Waals surface area contributed by atoms with E-state index in [0.29, 0.717) is 56.2 Å². The number of anilines is 4. The Morgan fingerprint density at radius 1 is 1.11 bits per heavy atom. The number of aryl methyl sites for hydroxylation is 1. The fourth-order valence-electron chi connectivity index (χ4n) is 5.43. The van der Waals surface area contributed by atoms with Crippen LogP contribution in [0.15, 0.2) is 24.4 Å². The van der Waals surface area contributed by atoms with E-state index >= 15 is 4.39 Å². The predicted octanol–water partition coefficient (Wildman–Crippen LogP) is 1.81. The van der Waals surface area contributed by atoms with Crippen molar-refractivity contribution in [3.8, 4) is 0 Å². The van der Waals surface area contributed by atoms with Crippen LogP contribution < -0.4 is 20.4 Å². The molecule has 1 aromatic heterocycles. The molecule has 0 radical (unpaired) electrons. The standard InChI is InChI=1S/C26H34FN7O3/c27-21-16-19(7-8-22(21)33-12-10-32(11-13-33)14-15-35)30-26-29-17-18-4-3-9-28-24(36)25(37)34(23(18)31-26)20-5-1-2-6-20/h7-8,16-17,20,35H,1-6,9-15H2,(H,28,36)(H,29,30,31). The number of hydrogen-bond acceptors (Lipinski definition) is 8. The van der Waals surface area contributed by atoms with Crippen molar-refractivity contribution in [1.29, 1.82) is 0 Å². The van der Waals surface area contributed by atoms with Crippen molar-refractivity contribution in [1.82, 2.24) is 20.2 Å². The van der Waals surface area contributed by atoms with Crippen molar-refractivity contribution in [3.05, 3.63) is 35.8 Å². The number of fused-ring (bicyclic) bond motifs is 1. The number of piperazine rings is 1. The number of amides is 2. The van der Waals surface area contributed by atoms with Crippen molar-refractivity contribution >= 4 is 35.0 Å². The van der Waals surface area contributed by atoms with E-state index in [2.05, 4.69) is 25.5 Å². The molecule has 1 saturated carbocycles. The van der Waals surface area contributed by atoms with Gasteiger partial charge in [0.1, 0.15) is 11.6 Å². The lowest BCUT2D eigenvalue weighted by atomic mass is 10.1. The Balaban J connectivity index is 1.37. The topological polar surface area (TPSA) is 114 Å². The van der Waals surface area contributed by atoms with E-state index in [0.717, 1.165) is 44.3 Å². The van der Waals surface area contributed by atoms with Gasteiger partial charge in [-0.2, -0.15) is 4.98 Å². The number of halogens is 1. The normalized spacial score (nSPS) is 19.7. The molecule has 0 atom stereocenters. The average Bonchev–Trinajstić information content (AvgIpc) is 3.43. The first-order chi connectivity index (χ1) is 18.0. The minimum Gasteiger partial charge on any atom is -0.395 e. The zero-order valence-electron chi connectivity index (χ0n) is 21.0. The number of β-amino-alcohol motifs (C(OH)–C–C–N with tert-alkyl or cyclic N) is 1. The van der Waals surface area contributed by atoms with Gasteiger partial charge in [0, 0.05) is 62.8 Å². The highest BCUT2D eigenvalue weighted by Gasteiger charge is 2.35. The summed E-state index contributed by atoms with van der Waals surface area (Å²) in [7, 11) is 0. The number of benzene rings is 1. The van der Waals surface area contributed by atoms with Gasteiger partial charge in [-0.3, -0.25) is 19.4 Å². The Morgan fingerprint density at radius 3 is 2.62 bits per heavy atom. The molecule has 10 nitrogen and oxygen atoms in total. The van der Waals surface area contributed by atoms with Gasteiger partial charge in [0.2, 0.25) is 5.95 Å². The van der Waals surface area contributed by atoms with Gasteiger partial charge in [0.25, 0.3) is 0 Å². The fraction of sp³-hybridized carbons (Fsp3) is 0.538.